The average Bonchev–Trinajstić information content (AvgIpc) is 3.18. The van der Waals surface area contributed by atoms with Crippen LogP contribution in [0.15, 0.2) is 54.6 Å². The molecule has 0 unspecified atom stereocenters. The number of carbonyl (C=O) groups excluding carboxylic acids is 1. The second-order valence-corrected chi connectivity index (χ2v) is 6.57. The maximum absolute atomic E-state index is 12.2. The number of hydrogen-bond acceptors (Lipinski definition) is 4. The van der Waals surface area contributed by atoms with Crippen LogP contribution in [0.4, 0.5) is 10.6 Å². The van der Waals surface area contributed by atoms with Crippen LogP contribution in [0, 0.1) is 6.92 Å². The first-order chi connectivity index (χ1) is 13.2. The van der Waals surface area contributed by atoms with E-state index < -0.39 is 6.09 Å². The van der Waals surface area contributed by atoms with Gasteiger partial charge in [0, 0.05) is 17.7 Å². The predicted molar refractivity (Wildman–Crippen MR) is 103 cm³/mol. The molecule has 0 aliphatic heterocycles. The highest BCUT2D eigenvalue weighted by Crippen LogP contribution is 2.44. The van der Waals surface area contributed by atoms with Gasteiger partial charge in [0.1, 0.15) is 6.61 Å². The Bertz CT molecular complexity index is 935. The second-order valence-electron chi connectivity index (χ2n) is 6.57. The van der Waals surface area contributed by atoms with Crippen molar-refractivity contribution in [3.05, 3.63) is 71.4 Å². The first kappa shape index (κ1) is 17.3. The van der Waals surface area contributed by atoms with Gasteiger partial charge in [0.15, 0.2) is 5.82 Å². The highest BCUT2D eigenvalue weighted by molar-refractivity contribution is 5.84. The number of ether oxygens (including phenoxy) is 1. The number of aromatic nitrogens is 2. The predicted octanol–water partition coefficient (Wildman–Crippen LogP) is 3.54. The molecule has 0 atom stereocenters. The van der Waals surface area contributed by atoms with Crippen LogP contribution in [0.5, 0.6) is 0 Å². The molecule has 2 N–H and O–H groups in total. The van der Waals surface area contributed by atoms with Crippen molar-refractivity contribution in [1.82, 2.24) is 9.78 Å². The van der Waals surface area contributed by atoms with E-state index in [-0.39, 0.29) is 19.1 Å². The van der Waals surface area contributed by atoms with Gasteiger partial charge in [0.2, 0.25) is 0 Å². The molecule has 0 bridgehead atoms. The summed E-state index contributed by atoms with van der Waals surface area (Å²) in [5, 5.41) is 15.9. The van der Waals surface area contributed by atoms with E-state index in [9.17, 15) is 4.79 Å². The third-order valence-electron chi connectivity index (χ3n) is 4.87. The van der Waals surface area contributed by atoms with Gasteiger partial charge in [0.25, 0.3) is 0 Å². The van der Waals surface area contributed by atoms with Gasteiger partial charge in [-0.15, -0.1) is 0 Å². The Balaban J connectivity index is 1.46. The van der Waals surface area contributed by atoms with Gasteiger partial charge in [-0.05, 0) is 29.2 Å². The molecule has 1 aliphatic rings. The van der Waals surface area contributed by atoms with Crippen molar-refractivity contribution in [3.8, 4) is 11.1 Å². The number of nitrogens with zero attached hydrogens (tertiary/aromatic N) is 2. The molecule has 1 aromatic heterocycles. The summed E-state index contributed by atoms with van der Waals surface area (Å²) in [7, 11) is 0. The largest absolute Gasteiger partial charge is 0.448 e. The van der Waals surface area contributed by atoms with Crippen molar-refractivity contribution in [2.24, 2.45) is 0 Å². The molecule has 3 aromatic rings. The van der Waals surface area contributed by atoms with Crippen LogP contribution in [0.3, 0.4) is 0 Å². The Hall–Kier alpha value is -3.12. The van der Waals surface area contributed by atoms with E-state index in [1.54, 1.807) is 10.7 Å². The first-order valence-corrected chi connectivity index (χ1v) is 8.94. The van der Waals surface area contributed by atoms with Crippen molar-refractivity contribution in [1.29, 1.82) is 0 Å². The number of hydrogen-bond donors (Lipinski definition) is 2. The van der Waals surface area contributed by atoms with E-state index in [4.69, 9.17) is 9.84 Å². The van der Waals surface area contributed by atoms with E-state index in [0.717, 1.165) is 5.69 Å². The minimum atomic E-state index is -0.537. The van der Waals surface area contributed by atoms with E-state index in [1.165, 1.54) is 22.3 Å². The summed E-state index contributed by atoms with van der Waals surface area (Å²) in [5.74, 6) is 0.440. The highest BCUT2D eigenvalue weighted by atomic mass is 16.5. The van der Waals surface area contributed by atoms with Crippen LogP contribution in [0.1, 0.15) is 22.7 Å². The molecule has 0 fully saturated rings. The van der Waals surface area contributed by atoms with Crippen molar-refractivity contribution in [3.63, 3.8) is 0 Å². The Morgan fingerprint density at radius 1 is 1.15 bits per heavy atom. The molecule has 2 aromatic carbocycles. The van der Waals surface area contributed by atoms with Crippen molar-refractivity contribution in [2.75, 3.05) is 18.5 Å². The molecule has 6 nitrogen and oxygen atoms in total. The fourth-order valence-corrected chi connectivity index (χ4v) is 3.63. The SMILES string of the molecule is Cc1cc(NC(=O)OCC2c3ccccc3-c3ccccc32)nn1CCO. The molecule has 0 saturated carbocycles. The standard InChI is InChI=1S/C21H21N3O3/c1-14-12-20(23-24(14)10-11-25)22-21(26)27-13-19-17-8-4-2-6-15(17)16-7-3-5-9-18(16)19/h2-9,12,19,25H,10-11,13H2,1H3,(H,22,23,26). The van der Waals surface area contributed by atoms with Crippen molar-refractivity contribution >= 4 is 11.9 Å². The summed E-state index contributed by atoms with van der Waals surface area (Å²) < 4.78 is 7.14. The number of aryl methyl sites for hydroxylation is 1. The fourth-order valence-electron chi connectivity index (χ4n) is 3.63. The average molecular weight is 363 g/mol. The zero-order valence-electron chi connectivity index (χ0n) is 15.1. The van der Waals surface area contributed by atoms with Gasteiger partial charge in [-0.2, -0.15) is 5.10 Å². The number of rotatable bonds is 5. The van der Waals surface area contributed by atoms with Gasteiger partial charge < -0.3 is 9.84 Å². The second kappa shape index (κ2) is 7.25. The number of aliphatic hydroxyl groups excluding tert-OH is 1. The van der Waals surface area contributed by atoms with E-state index in [0.29, 0.717) is 12.4 Å². The van der Waals surface area contributed by atoms with Crippen LogP contribution in [-0.2, 0) is 11.3 Å². The van der Waals surface area contributed by atoms with Crippen LogP contribution in [-0.4, -0.2) is 34.2 Å². The van der Waals surface area contributed by atoms with E-state index in [2.05, 4.69) is 34.7 Å². The lowest BCUT2D eigenvalue weighted by Gasteiger charge is -2.14. The Labute approximate surface area is 157 Å². The molecule has 138 valence electrons. The van der Waals surface area contributed by atoms with E-state index in [1.807, 2.05) is 31.2 Å². The summed E-state index contributed by atoms with van der Waals surface area (Å²) in [6.07, 6.45) is -0.537. The molecule has 0 radical (unpaired) electrons. The number of benzene rings is 2. The summed E-state index contributed by atoms with van der Waals surface area (Å²) in [5.41, 5.74) is 5.60. The normalized spacial score (nSPS) is 12.5. The highest BCUT2D eigenvalue weighted by Gasteiger charge is 2.29. The Kier molecular flexibility index (Phi) is 4.64. The minimum absolute atomic E-state index is 0.00704. The molecule has 27 heavy (non-hydrogen) atoms. The number of fused-ring (bicyclic) bond motifs is 3. The lowest BCUT2D eigenvalue weighted by molar-refractivity contribution is 0.158. The smallest absolute Gasteiger partial charge is 0.412 e. The number of nitrogens with one attached hydrogen (secondary N) is 1. The summed E-state index contributed by atoms with van der Waals surface area (Å²) in [6, 6.07) is 18.2. The van der Waals surface area contributed by atoms with Crippen molar-refractivity contribution < 1.29 is 14.6 Å². The summed E-state index contributed by atoms with van der Waals surface area (Å²) in [4.78, 5) is 12.2. The maximum Gasteiger partial charge on any atom is 0.412 e. The lowest BCUT2D eigenvalue weighted by atomic mass is 9.98. The van der Waals surface area contributed by atoms with Gasteiger partial charge in [0.05, 0.1) is 13.2 Å². The number of anilines is 1. The molecule has 1 aliphatic carbocycles. The molecule has 6 heteroatoms. The quantitative estimate of drug-likeness (QED) is 0.727. The third-order valence-corrected chi connectivity index (χ3v) is 4.87. The van der Waals surface area contributed by atoms with Crippen LogP contribution >= 0.6 is 0 Å². The molecule has 0 saturated heterocycles. The molecule has 1 heterocycles. The van der Waals surface area contributed by atoms with E-state index >= 15 is 0 Å². The van der Waals surface area contributed by atoms with Crippen LogP contribution in [0.25, 0.3) is 11.1 Å². The fraction of sp³-hybridized carbons (Fsp3) is 0.238. The maximum atomic E-state index is 12.2. The molecular formula is C21H21N3O3. The van der Waals surface area contributed by atoms with Crippen molar-refractivity contribution in [2.45, 2.75) is 19.4 Å². The zero-order chi connectivity index (χ0) is 18.8. The third kappa shape index (κ3) is 3.31. The minimum Gasteiger partial charge on any atom is -0.448 e. The Morgan fingerprint density at radius 3 is 2.41 bits per heavy atom. The zero-order valence-corrected chi connectivity index (χ0v) is 15.1. The monoisotopic (exact) mass is 363 g/mol. The molecule has 1 amide bonds. The molecule has 4 rings (SSSR count). The van der Waals surface area contributed by atoms with Crippen LogP contribution in [0.2, 0.25) is 0 Å². The first-order valence-electron chi connectivity index (χ1n) is 8.94. The topological polar surface area (TPSA) is 76.4 Å². The van der Waals surface area contributed by atoms with Gasteiger partial charge in [-0.25, -0.2) is 4.79 Å². The molecular weight excluding hydrogens is 342 g/mol. The molecule has 0 spiro atoms. The number of aliphatic hydroxyl groups is 1. The summed E-state index contributed by atoms with van der Waals surface area (Å²) >= 11 is 0. The summed E-state index contributed by atoms with van der Waals surface area (Å²) in [6.45, 7) is 2.51. The lowest BCUT2D eigenvalue weighted by Crippen LogP contribution is -2.18. The van der Waals surface area contributed by atoms with Gasteiger partial charge in [-0.3, -0.25) is 10.00 Å². The Morgan fingerprint density at radius 2 is 1.78 bits per heavy atom. The van der Waals surface area contributed by atoms with Gasteiger partial charge >= 0.3 is 6.09 Å². The number of carbonyl (C=O) groups is 1. The van der Waals surface area contributed by atoms with Gasteiger partial charge in [-0.1, -0.05) is 48.5 Å². The van der Waals surface area contributed by atoms with Crippen LogP contribution < -0.4 is 5.32 Å². The number of amides is 1.